The summed E-state index contributed by atoms with van der Waals surface area (Å²) in [7, 11) is 1.65. The van der Waals surface area contributed by atoms with Crippen molar-refractivity contribution in [1.29, 1.82) is 0 Å². The first kappa shape index (κ1) is 15.3. The second-order valence-electron chi connectivity index (χ2n) is 5.64. The molecule has 6 nitrogen and oxygen atoms in total. The Bertz CT molecular complexity index is 608. The molecule has 1 saturated heterocycles. The molecule has 0 aliphatic carbocycles. The summed E-state index contributed by atoms with van der Waals surface area (Å²) in [6.07, 6.45) is 0. The number of rotatable bonds is 6. The maximum absolute atomic E-state index is 5.75. The molecule has 120 valence electrons. The highest BCUT2D eigenvalue weighted by molar-refractivity contribution is 5.74. The molecule has 1 fully saturated rings. The minimum absolute atomic E-state index is 0.377. The SMILES string of the molecule is COc1ccc2oc(CN[C@H](C)CN3CCOCC3)nc2c1. The van der Waals surface area contributed by atoms with Gasteiger partial charge in [0.15, 0.2) is 5.58 Å². The van der Waals surface area contributed by atoms with Crippen LogP contribution < -0.4 is 10.1 Å². The quantitative estimate of drug-likeness (QED) is 0.875. The number of morpholine rings is 1. The second kappa shape index (κ2) is 7.09. The molecule has 1 aromatic heterocycles. The number of aromatic nitrogens is 1. The van der Waals surface area contributed by atoms with E-state index in [0.717, 1.165) is 49.7 Å². The number of ether oxygens (including phenoxy) is 2. The zero-order valence-electron chi connectivity index (χ0n) is 13.2. The van der Waals surface area contributed by atoms with Gasteiger partial charge in [-0.3, -0.25) is 4.90 Å². The molecule has 0 amide bonds. The van der Waals surface area contributed by atoms with E-state index >= 15 is 0 Å². The first-order chi connectivity index (χ1) is 10.7. The number of methoxy groups -OCH3 is 1. The van der Waals surface area contributed by atoms with E-state index < -0.39 is 0 Å². The van der Waals surface area contributed by atoms with Crippen molar-refractivity contribution < 1.29 is 13.9 Å². The average molecular weight is 305 g/mol. The van der Waals surface area contributed by atoms with Crippen LogP contribution in [0.25, 0.3) is 11.1 Å². The van der Waals surface area contributed by atoms with Crippen LogP contribution in [0.1, 0.15) is 12.8 Å². The fourth-order valence-electron chi connectivity index (χ4n) is 2.65. The lowest BCUT2D eigenvalue weighted by molar-refractivity contribution is 0.0342. The molecule has 0 bridgehead atoms. The number of nitrogens with zero attached hydrogens (tertiary/aromatic N) is 2. The van der Waals surface area contributed by atoms with Gasteiger partial charge in [-0.1, -0.05) is 0 Å². The Labute approximate surface area is 130 Å². The topological polar surface area (TPSA) is 59.8 Å². The number of hydrogen-bond acceptors (Lipinski definition) is 6. The van der Waals surface area contributed by atoms with Crippen molar-refractivity contribution in [2.75, 3.05) is 40.0 Å². The molecule has 0 unspecified atom stereocenters. The Morgan fingerprint density at radius 3 is 2.95 bits per heavy atom. The molecule has 1 aliphatic rings. The van der Waals surface area contributed by atoms with Gasteiger partial charge in [-0.25, -0.2) is 4.98 Å². The van der Waals surface area contributed by atoms with E-state index in [2.05, 4.69) is 22.1 Å². The molecule has 22 heavy (non-hydrogen) atoms. The summed E-state index contributed by atoms with van der Waals surface area (Å²) in [5.41, 5.74) is 1.62. The Morgan fingerprint density at radius 2 is 2.18 bits per heavy atom. The van der Waals surface area contributed by atoms with Crippen molar-refractivity contribution in [3.05, 3.63) is 24.1 Å². The monoisotopic (exact) mass is 305 g/mol. The van der Waals surface area contributed by atoms with Crippen molar-refractivity contribution in [3.63, 3.8) is 0 Å². The van der Waals surface area contributed by atoms with Crippen LogP contribution in [-0.2, 0) is 11.3 Å². The minimum atomic E-state index is 0.377. The number of fused-ring (bicyclic) bond motifs is 1. The van der Waals surface area contributed by atoms with E-state index in [1.54, 1.807) is 7.11 Å². The Hall–Kier alpha value is -1.63. The molecule has 2 heterocycles. The summed E-state index contributed by atoms with van der Waals surface area (Å²) >= 11 is 0. The molecule has 3 rings (SSSR count). The second-order valence-corrected chi connectivity index (χ2v) is 5.64. The van der Waals surface area contributed by atoms with Gasteiger partial charge in [-0.15, -0.1) is 0 Å². The lowest BCUT2D eigenvalue weighted by Gasteiger charge is -2.29. The van der Waals surface area contributed by atoms with Gasteiger partial charge in [0.1, 0.15) is 11.3 Å². The fourth-order valence-corrected chi connectivity index (χ4v) is 2.65. The van der Waals surface area contributed by atoms with Crippen molar-refractivity contribution in [2.45, 2.75) is 19.5 Å². The zero-order valence-corrected chi connectivity index (χ0v) is 13.2. The third-order valence-electron chi connectivity index (χ3n) is 3.88. The van der Waals surface area contributed by atoms with Crippen molar-refractivity contribution in [3.8, 4) is 5.75 Å². The van der Waals surface area contributed by atoms with Crippen LogP contribution in [0, 0.1) is 0 Å². The lowest BCUT2D eigenvalue weighted by Crippen LogP contribution is -2.44. The van der Waals surface area contributed by atoms with Gasteiger partial charge in [-0.2, -0.15) is 0 Å². The predicted octanol–water partition coefficient (Wildman–Crippen LogP) is 1.65. The third-order valence-corrected chi connectivity index (χ3v) is 3.88. The van der Waals surface area contributed by atoms with Gasteiger partial charge in [0.05, 0.1) is 26.9 Å². The van der Waals surface area contributed by atoms with E-state index in [0.29, 0.717) is 18.5 Å². The molecule has 1 aromatic carbocycles. The first-order valence-electron chi connectivity index (χ1n) is 7.71. The Balaban J connectivity index is 1.54. The summed E-state index contributed by atoms with van der Waals surface area (Å²) in [4.78, 5) is 6.91. The molecular formula is C16H23N3O3. The minimum Gasteiger partial charge on any atom is -0.497 e. The summed E-state index contributed by atoms with van der Waals surface area (Å²) in [5, 5.41) is 3.47. The molecule has 0 saturated carbocycles. The summed E-state index contributed by atoms with van der Waals surface area (Å²) in [5.74, 6) is 1.50. The van der Waals surface area contributed by atoms with E-state index in [-0.39, 0.29) is 0 Å². The summed E-state index contributed by atoms with van der Waals surface area (Å²) < 4.78 is 16.3. The van der Waals surface area contributed by atoms with Gasteiger partial charge in [-0.05, 0) is 19.1 Å². The van der Waals surface area contributed by atoms with E-state index in [1.807, 2.05) is 18.2 Å². The smallest absolute Gasteiger partial charge is 0.209 e. The van der Waals surface area contributed by atoms with Crippen molar-refractivity contribution in [2.24, 2.45) is 0 Å². The van der Waals surface area contributed by atoms with Crippen LogP contribution in [-0.4, -0.2) is 55.9 Å². The van der Waals surface area contributed by atoms with E-state index in [1.165, 1.54) is 0 Å². The van der Waals surface area contributed by atoms with Gasteiger partial charge in [0.25, 0.3) is 0 Å². The highest BCUT2D eigenvalue weighted by atomic mass is 16.5. The summed E-state index contributed by atoms with van der Waals surface area (Å²) in [6, 6.07) is 6.04. The number of benzene rings is 1. The number of nitrogens with one attached hydrogen (secondary N) is 1. The molecule has 1 atom stereocenters. The van der Waals surface area contributed by atoms with Gasteiger partial charge >= 0.3 is 0 Å². The standard InChI is InChI=1S/C16H23N3O3/c1-12(11-19-5-7-21-8-6-19)17-10-16-18-14-9-13(20-2)3-4-15(14)22-16/h3-4,9,12,17H,5-8,10-11H2,1-2H3/t12-/m1/s1. The molecular weight excluding hydrogens is 282 g/mol. The third kappa shape index (κ3) is 3.76. The van der Waals surface area contributed by atoms with Crippen LogP contribution in [0.2, 0.25) is 0 Å². The van der Waals surface area contributed by atoms with Crippen molar-refractivity contribution >= 4 is 11.1 Å². The van der Waals surface area contributed by atoms with Gasteiger partial charge in [0.2, 0.25) is 5.89 Å². The van der Waals surface area contributed by atoms with Gasteiger partial charge < -0.3 is 19.2 Å². The highest BCUT2D eigenvalue weighted by Crippen LogP contribution is 2.21. The summed E-state index contributed by atoms with van der Waals surface area (Å²) in [6.45, 7) is 7.50. The maximum atomic E-state index is 5.75. The van der Waals surface area contributed by atoms with Crippen LogP contribution in [0.4, 0.5) is 0 Å². The molecule has 1 N–H and O–H groups in total. The maximum Gasteiger partial charge on any atom is 0.209 e. The number of hydrogen-bond donors (Lipinski definition) is 1. The van der Waals surface area contributed by atoms with E-state index in [4.69, 9.17) is 13.9 Å². The van der Waals surface area contributed by atoms with Crippen LogP contribution in [0.3, 0.4) is 0 Å². The van der Waals surface area contributed by atoms with Gasteiger partial charge in [0, 0.05) is 31.7 Å². The Morgan fingerprint density at radius 1 is 1.36 bits per heavy atom. The van der Waals surface area contributed by atoms with Crippen LogP contribution >= 0.6 is 0 Å². The van der Waals surface area contributed by atoms with Crippen LogP contribution in [0.15, 0.2) is 22.6 Å². The van der Waals surface area contributed by atoms with Crippen molar-refractivity contribution in [1.82, 2.24) is 15.2 Å². The highest BCUT2D eigenvalue weighted by Gasteiger charge is 2.14. The first-order valence-corrected chi connectivity index (χ1v) is 7.71. The molecule has 1 aliphatic heterocycles. The molecule has 0 spiro atoms. The fraction of sp³-hybridized carbons (Fsp3) is 0.562. The largest absolute Gasteiger partial charge is 0.497 e. The Kier molecular flexibility index (Phi) is 4.92. The normalized spacial score (nSPS) is 17.7. The predicted molar refractivity (Wildman–Crippen MR) is 84.1 cm³/mol. The zero-order chi connectivity index (χ0) is 15.4. The molecule has 6 heteroatoms. The number of oxazole rings is 1. The molecule has 2 aromatic rings. The lowest BCUT2D eigenvalue weighted by atomic mass is 10.3. The molecule has 0 radical (unpaired) electrons. The van der Waals surface area contributed by atoms with E-state index in [9.17, 15) is 0 Å². The average Bonchev–Trinajstić information content (AvgIpc) is 2.95. The van der Waals surface area contributed by atoms with Crippen LogP contribution in [0.5, 0.6) is 5.75 Å².